The molecule has 5 rings (SSSR count). The molecule has 1 saturated carbocycles. The molecule has 0 amide bonds. The zero-order valence-corrected chi connectivity index (χ0v) is 14.6. The molecule has 0 unspecified atom stereocenters. The Kier molecular flexibility index (Phi) is 3.22. The molecule has 1 aliphatic carbocycles. The minimum Gasteiger partial charge on any atom is -0.344 e. The van der Waals surface area contributed by atoms with Gasteiger partial charge in [-0.2, -0.15) is 5.10 Å². The van der Waals surface area contributed by atoms with Gasteiger partial charge in [0.2, 0.25) is 0 Å². The van der Waals surface area contributed by atoms with Crippen molar-refractivity contribution in [2.45, 2.75) is 50.2 Å². The van der Waals surface area contributed by atoms with Crippen LogP contribution in [0.1, 0.15) is 37.9 Å². The van der Waals surface area contributed by atoms with Crippen LogP contribution in [0.15, 0.2) is 30.9 Å². The maximum absolute atomic E-state index is 6.26. The van der Waals surface area contributed by atoms with E-state index in [0.29, 0.717) is 5.15 Å². The number of halogens is 1. The largest absolute Gasteiger partial charge is 0.344 e. The first-order valence-electron chi connectivity index (χ1n) is 8.35. The second-order valence-corrected chi connectivity index (χ2v) is 7.47. The van der Waals surface area contributed by atoms with Crippen molar-refractivity contribution in [3.63, 3.8) is 0 Å². The molecule has 1 aliphatic heterocycles. The molecule has 0 radical (unpaired) electrons. The van der Waals surface area contributed by atoms with Crippen LogP contribution in [0.4, 0.5) is 0 Å². The van der Waals surface area contributed by atoms with Gasteiger partial charge in [-0.05, 0) is 32.4 Å². The van der Waals surface area contributed by atoms with Gasteiger partial charge in [0.15, 0.2) is 5.79 Å². The van der Waals surface area contributed by atoms with Crippen LogP contribution in [-0.4, -0.2) is 42.7 Å². The number of nitrogens with one attached hydrogen (secondary N) is 1. The fraction of sp³-hybridized carbons (Fsp3) is 0.471. The van der Waals surface area contributed by atoms with Crippen molar-refractivity contribution in [1.82, 2.24) is 24.7 Å². The summed E-state index contributed by atoms with van der Waals surface area (Å²) >= 11 is 6.21. The van der Waals surface area contributed by atoms with Crippen LogP contribution in [0.25, 0.3) is 11.0 Å². The molecule has 1 N–H and O–H groups in total. The summed E-state index contributed by atoms with van der Waals surface area (Å²) in [5.74, 6) is -0.420. The lowest BCUT2D eigenvalue weighted by Crippen LogP contribution is -2.27. The third-order valence-electron chi connectivity index (χ3n) is 5.17. The summed E-state index contributed by atoms with van der Waals surface area (Å²) in [5.41, 5.74) is 1.89. The molecule has 4 heterocycles. The van der Waals surface area contributed by atoms with Gasteiger partial charge in [0, 0.05) is 24.0 Å². The quantitative estimate of drug-likeness (QED) is 0.711. The van der Waals surface area contributed by atoms with Gasteiger partial charge in [-0.1, -0.05) is 11.6 Å². The first kappa shape index (κ1) is 15.3. The Bertz CT molecular complexity index is 922. The average Bonchev–Trinajstić information content (AvgIpc) is 3.30. The van der Waals surface area contributed by atoms with E-state index in [0.717, 1.165) is 23.1 Å². The van der Waals surface area contributed by atoms with Crippen molar-refractivity contribution in [1.29, 1.82) is 0 Å². The summed E-state index contributed by atoms with van der Waals surface area (Å²) in [4.78, 5) is 8.50. The lowest BCUT2D eigenvalue weighted by atomic mass is 10.0. The molecule has 25 heavy (non-hydrogen) atoms. The van der Waals surface area contributed by atoms with Gasteiger partial charge in [0.05, 0.1) is 17.5 Å². The minimum atomic E-state index is -0.609. The number of fused-ring (bicyclic) bond motifs is 2. The third-order valence-corrected chi connectivity index (χ3v) is 5.48. The molecule has 0 spiro atoms. The molecule has 3 aromatic heterocycles. The Morgan fingerprint density at radius 3 is 2.88 bits per heavy atom. The lowest BCUT2D eigenvalue weighted by Gasteiger charge is -2.24. The molecule has 2 aliphatic rings. The summed E-state index contributed by atoms with van der Waals surface area (Å²) in [6, 6.07) is 4.06. The zero-order chi connectivity index (χ0) is 17.2. The van der Waals surface area contributed by atoms with E-state index in [9.17, 15) is 0 Å². The Hall–Kier alpha value is -1.96. The number of ether oxygens (including phenoxy) is 2. The van der Waals surface area contributed by atoms with Crippen LogP contribution >= 0.6 is 11.6 Å². The van der Waals surface area contributed by atoms with Crippen molar-refractivity contribution in [3.8, 4) is 0 Å². The van der Waals surface area contributed by atoms with Crippen molar-refractivity contribution >= 4 is 22.6 Å². The topological polar surface area (TPSA) is 77.9 Å². The number of rotatable bonds is 2. The fourth-order valence-electron chi connectivity index (χ4n) is 4.21. The van der Waals surface area contributed by atoms with Crippen LogP contribution in [-0.2, 0) is 9.47 Å². The molecular formula is C17H18ClN5O2. The maximum atomic E-state index is 6.26. The SMILES string of the molecule is CC1(C)O[C@@H]2[C@H](O1)[C@@H](c1ccn[nH]1)C[C@H]2n1ccc2c(Cl)ncnc21. The molecule has 0 bridgehead atoms. The van der Waals surface area contributed by atoms with Crippen LogP contribution in [0.5, 0.6) is 0 Å². The smallest absolute Gasteiger partial charge is 0.163 e. The third kappa shape index (κ3) is 2.30. The first-order chi connectivity index (χ1) is 12.0. The molecule has 0 aromatic carbocycles. The van der Waals surface area contributed by atoms with E-state index >= 15 is 0 Å². The van der Waals surface area contributed by atoms with E-state index in [2.05, 4.69) is 24.7 Å². The molecule has 1 saturated heterocycles. The standard InChI is InChI=1S/C17H18ClN5O2/c1-17(2)24-13-10(11-3-5-21-22-11)7-12(14(13)25-17)23-6-4-9-15(18)19-8-20-16(9)23/h3-6,8,10,12-14H,7H2,1-2H3,(H,21,22)/t10-,12-,13-,14+/m1/s1. The van der Waals surface area contributed by atoms with Crippen LogP contribution in [0, 0.1) is 0 Å². The number of aromatic nitrogens is 5. The van der Waals surface area contributed by atoms with Gasteiger partial charge in [0.25, 0.3) is 0 Å². The number of hydrogen-bond acceptors (Lipinski definition) is 5. The molecule has 130 valence electrons. The van der Waals surface area contributed by atoms with Gasteiger partial charge in [-0.25, -0.2) is 9.97 Å². The molecule has 4 atom stereocenters. The van der Waals surface area contributed by atoms with E-state index in [4.69, 9.17) is 21.1 Å². The first-order valence-corrected chi connectivity index (χ1v) is 8.73. The van der Waals surface area contributed by atoms with E-state index in [1.54, 1.807) is 6.20 Å². The highest BCUT2D eigenvalue weighted by Gasteiger charge is 2.55. The van der Waals surface area contributed by atoms with Gasteiger partial charge in [-0.15, -0.1) is 0 Å². The highest BCUT2D eigenvalue weighted by Crippen LogP contribution is 2.51. The molecule has 2 fully saturated rings. The number of aromatic amines is 1. The predicted octanol–water partition coefficient (Wildman–Crippen LogP) is 3.06. The summed E-state index contributed by atoms with van der Waals surface area (Å²) < 4.78 is 14.6. The minimum absolute atomic E-state index is 0.0322. The van der Waals surface area contributed by atoms with E-state index in [1.165, 1.54) is 6.33 Å². The molecule has 8 heteroatoms. The Labute approximate surface area is 149 Å². The Morgan fingerprint density at radius 1 is 1.24 bits per heavy atom. The van der Waals surface area contributed by atoms with E-state index in [-0.39, 0.29) is 24.2 Å². The Morgan fingerprint density at radius 2 is 2.08 bits per heavy atom. The number of nitrogens with zero attached hydrogens (tertiary/aromatic N) is 4. The number of H-pyrrole nitrogens is 1. The lowest BCUT2D eigenvalue weighted by molar-refractivity contribution is -0.157. The predicted molar refractivity (Wildman–Crippen MR) is 91.3 cm³/mol. The van der Waals surface area contributed by atoms with Crippen LogP contribution in [0.3, 0.4) is 0 Å². The van der Waals surface area contributed by atoms with Crippen molar-refractivity contribution in [2.75, 3.05) is 0 Å². The molecule has 7 nitrogen and oxygen atoms in total. The summed E-state index contributed by atoms with van der Waals surface area (Å²) in [7, 11) is 0. The highest BCUT2D eigenvalue weighted by molar-refractivity contribution is 6.33. The number of hydrogen-bond donors (Lipinski definition) is 1. The van der Waals surface area contributed by atoms with Crippen molar-refractivity contribution < 1.29 is 9.47 Å². The van der Waals surface area contributed by atoms with Crippen LogP contribution < -0.4 is 0 Å². The second kappa shape index (κ2) is 5.27. The van der Waals surface area contributed by atoms with Crippen molar-refractivity contribution in [3.05, 3.63) is 41.7 Å². The van der Waals surface area contributed by atoms with Gasteiger partial charge in [0.1, 0.15) is 23.2 Å². The molecule has 3 aromatic rings. The highest BCUT2D eigenvalue weighted by atomic mass is 35.5. The Balaban J connectivity index is 1.60. The van der Waals surface area contributed by atoms with Gasteiger partial charge < -0.3 is 14.0 Å². The van der Waals surface area contributed by atoms with Crippen molar-refractivity contribution in [2.24, 2.45) is 0 Å². The zero-order valence-electron chi connectivity index (χ0n) is 13.9. The normalized spacial score (nSPS) is 30.8. The summed E-state index contributed by atoms with van der Waals surface area (Å²) in [6.45, 7) is 3.92. The average molecular weight is 360 g/mol. The van der Waals surface area contributed by atoms with Gasteiger partial charge >= 0.3 is 0 Å². The monoisotopic (exact) mass is 359 g/mol. The van der Waals surface area contributed by atoms with E-state index < -0.39 is 5.79 Å². The maximum Gasteiger partial charge on any atom is 0.163 e. The second-order valence-electron chi connectivity index (χ2n) is 7.11. The summed E-state index contributed by atoms with van der Waals surface area (Å²) in [6.07, 6.45) is 6.06. The fourth-order valence-corrected chi connectivity index (χ4v) is 4.40. The molecular weight excluding hydrogens is 342 g/mol. The van der Waals surface area contributed by atoms with Gasteiger partial charge in [-0.3, -0.25) is 5.10 Å². The van der Waals surface area contributed by atoms with E-state index in [1.807, 2.05) is 32.2 Å². The summed E-state index contributed by atoms with van der Waals surface area (Å²) in [5, 5.41) is 8.51. The van der Waals surface area contributed by atoms with Crippen LogP contribution in [0.2, 0.25) is 5.15 Å².